The predicted octanol–water partition coefficient (Wildman–Crippen LogP) is 1.49. The summed E-state index contributed by atoms with van der Waals surface area (Å²) in [4.78, 5) is 5.11. The van der Waals surface area contributed by atoms with Gasteiger partial charge in [-0.15, -0.1) is 0 Å². The van der Waals surface area contributed by atoms with Crippen molar-refractivity contribution in [3.63, 3.8) is 0 Å². The van der Waals surface area contributed by atoms with Gasteiger partial charge in [0.05, 0.1) is 6.61 Å². The van der Waals surface area contributed by atoms with Crippen molar-refractivity contribution in [3.8, 4) is 0 Å². The van der Waals surface area contributed by atoms with E-state index < -0.39 is 17.6 Å². The normalized spacial score (nSPS) is 11.0. The molecule has 0 aliphatic carbocycles. The maximum atomic E-state index is 13.2. The lowest BCUT2D eigenvalue weighted by atomic mass is 10.4. The summed E-state index contributed by atoms with van der Waals surface area (Å²) in [5, 5.41) is 2.61. The van der Waals surface area contributed by atoms with Crippen LogP contribution in [-0.4, -0.2) is 50.3 Å². The van der Waals surface area contributed by atoms with E-state index in [1.54, 1.807) is 7.11 Å². The van der Waals surface area contributed by atoms with Gasteiger partial charge in [0.15, 0.2) is 17.5 Å². The molecule has 0 unspecified atom stereocenters. The van der Waals surface area contributed by atoms with E-state index in [1.165, 1.54) is 0 Å². The maximum Gasteiger partial charge on any atom is 0.251 e. The summed E-state index contributed by atoms with van der Waals surface area (Å²) in [5.41, 5.74) is 0. The van der Waals surface area contributed by atoms with Gasteiger partial charge in [0.2, 0.25) is 0 Å². The van der Waals surface area contributed by atoms with Crippen LogP contribution in [0.25, 0.3) is 0 Å². The highest BCUT2D eigenvalue weighted by Gasteiger charge is 2.11. The zero-order valence-corrected chi connectivity index (χ0v) is 10.3. The Morgan fingerprint density at radius 1 is 1.28 bits per heavy atom. The van der Waals surface area contributed by atoms with Gasteiger partial charge in [-0.25, -0.2) is 8.78 Å². The van der Waals surface area contributed by atoms with Gasteiger partial charge in [-0.2, -0.15) is 9.37 Å². The predicted molar refractivity (Wildman–Crippen MR) is 62.0 cm³/mol. The lowest BCUT2D eigenvalue weighted by molar-refractivity contribution is 0.163. The topological polar surface area (TPSA) is 37.4 Å². The molecule has 102 valence electrons. The van der Waals surface area contributed by atoms with Crippen LogP contribution in [0.15, 0.2) is 6.07 Å². The third-order valence-electron chi connectivity index (χ3n) is 2.35. The minimum Gasteiger partial charge on any atom is -0.383 e. The van der Waals surface area contributed by atoms with Crippen LogP contribution in [0.4, 0.5) is 19.0 Å². The van der Waals surface area contributed by atoms with E-state index in [4.69, 9.17) is 4.74 Å². The minimum absolute atomic E-state index is 0.283. The Balaban J connectivity index is 2.42. The first-order valence-corrected chi connectivity index (χ1v) is 5.47. The Morgan fingerprint density at radius 3 is 2.67 bits per heavy atom. The first-order valence-electron chi connectivity index (χ1n) is 5.47. The third kappa shape index (κ3) is 4.50. The zero-order chi connectivity index (χ0) is 13.5. The molecule has 1 aromatic heterocycles. The lowest BCUT2D eigenvalue weighted by Crippen LogP contribution is -2.28. The Kier molecular flexibility index (Phi) is 5.87. The second-order valence-electron chi connectivity index (χ2n) is 3.81. The highest BCUT2D eigenvalue weighted by atomic mass is 19.2. The fourth-order valence-electron chi connectivity index (χ4n) is 1.29. The van der Waals surface area contributed by atoms with Crippen molar-refractivity contribution in [2.75, 3.05) is 45.7 Å². The van der Waals surface area contributed by atoms with Gasteiger partial charge in [0, 0.05) is 32.8 Å². The van der Waals surface area contributed by atoms with Gasteiger partial charge in [-0.1, -0.05) is 0 Å². The van der Waals surface area contributed by atoms with E-state index in [9.17, 15) is 13.2 Å². The van der Waals surface area contributed by atoms with Crippen molar-refractivity contribution < 1.29 is 17.9 Å². The second-order valence-corrected chi connectivity index (χ2v) is 3.81. The monoisotopic (exact) mass is 263 g/mol. The lowest BCUT2D eigenvalue weighted by Gasteiger charge is -2.16. The molecular formula is C11H16F3N3O. The van der Waals surface area contributed by atoms with Crippen molar-refractivity contribution in [1.82, 2.24) is 9.88 Å². The number of pyridine rings is 1. The Labute approximate surface area is 104 Å². The quantitative estimate of drug-likeness (QED) is 0.756. The van der Waals surface area contributed by atoms with Crippen LogP contribution >= 0.6 is 0 Å². The molecule has 18 heavy (non-hydrogen) atoms. The van der Waals surface area contributed by atoms with E-state index in [-0.39, 0.29) is 5.82 Å². The minimum atomic E-state index is -1.31. The van der Waals surface area contributed by atoms with Crippen molar-refractivity contribution in [2.45, 2.75) is 0 Å². The third-order valence-corrected chi connectivity index (χ3v) is 2.35. The molecule has 7 heteroatoms. The number of likely N-dealkylation sites (N-methyl/N-ethyl adjacent to an activating group) is 1. The SMILES string of the molecule is COCCN(C)CCNc1nc(F)c(F)cc1F. The largest absolute Gasteiger partial charge is 0.383 e. The molecule has 1 aromatic rings. The van der Waals surface area contributed by atoms with Crippen LogP contribution in [-0.2, 0) is 4.74 Å². The van der Waals surface area contributed by atoms with Crippen LogP contribution in [0.1, 0.15) is 0 Å². The molecule has 0 aliphatic heterocycles. The number of nitrogens with one attached hydrogen (secondary N) is 1. The highest BCUT2D eigenvalue weighted by molar-refractivity contribution is 5.36. The Bertz CT molecular complexity index is 390. The molecule has 0 saturated carbocycles. The fraction of sp³-hybridized carbons (Fsp3) is 0.545. The highest BCUT2D eigenvalue weighted by Crippen LogP contribution is 2.13. The molecule has 0 atom stereocenters. The molecule has 0 saturated heterocycles. The summed E-state index contributed by atoms with van der Waals surface area (Å²) >= 11 is 0. The van der Waals surface area contributed by atoms with Crippen LogP contribution < -0.4 is 5.32 Å². The fourth-order valence-corrected chi connectivity index (χ4v) is 1.29. The average Bonchev–Trinajstić information content (AvgIpc) is 2.33. The van der Waals surface area contributed by atoms with Gasteiger partial charge in [-0.3, -0.25) is 0 Å². The molecule has 0 aliphatic rings. The van der Waals surface area contributed by atoms with Crippen molar-refractivity contribution in [1.29, 1.82) is 0 Å². The molecular weight excluding hydrogens is 247 g/mol. The Morgan fingerprint density at radius 2 is 2.00 bits per heavy atom. The summed E-state index contributed by atoms with van der Waals surface area (Å²) in [5.74, 6) is -3.80. The van der Waals surface area contributed by atoms with Crippen molar-refractivity contribution in [2.24, 2.45) is 0 Å². The number of halogens is 3. The molecule has 0 radical (unpaired) electrons. The van der Waals surface area contributed by atoms with Crippen molar-refractivity contribution >= 4 is 5.82 Å². The molecule has 4 nitrogen and oxygen atoms in total. The molecule has 0 bridgehead atoms. The van der Waals surface area contributed by atoms with Gasteiger partial charge < -0.3 is 15.0 Å². The van der Waals surface area contributed by atoms with Gasteiger partial charge in [0.1, 0.15) is 0 Å². The van der Waals surface area contributed by atoms with Crippen LogP contribution in [0.5, 0.6) is 0 Å². The summed E-state index contributed by atoms with van der Waals surface area (Å²) in [6, 6.07) is 0.472. The average molecular weight is 263 g/mol. The first kappa shape index (κ1) is 14.7. The number of anilines is 1. The van der Waals surface area contributed by atoms with E-state index >= 15 is 0 Å². The molecule has 1 rings (SSSR count). The summed E-state index contributed by atoms with van der Waals surface area (Å²) < 4.78 is 43.5. The molecule has 0 spiro atoms. The van der Waals surface area contributed by atoms with Crippen LogP contribution in [0, 0.1) is 17.6 Å². The van der Waals surface area contributed by atoms with Gasteiger partial charge in [0.25, 0.3) is 5.95 Å². The van der Waals surface area contributed by atoms with Crippen LogP contribution in [0.3, 0.4) is 0 Å². The molecule has 1 heterocycles. The first-order chi connectivity index (χ1) is 8.54. The number of hydrogen-bond donors (Lipinski definition) is 1. The van der Waals surface area contributed by atoms with Gasteiger partial charge in [-0.05, 0) is 7.05 Å². The zero-order valence-electron chi connectivity index (χ0n) is 10.3. The number of methoxy groups -OCH3 is 1. The molecule has 0 aromatic carbocycles. The number of rotatable bonds is 7. The maximum absolute atomic E-state index is 13.2. The smallest absolute Gasteiger partial charge is 0.251 e. The van der Waals surface area contributed by atoms with Crippen LogP contribution in [0.2, 0.25) is 0 Å². The number of hydrogen-bond acceptors (Lipinski definition) is 4. The molecule has 0 amide bonds. The molecule has 0 fully saturated rings. The van der Waals surface area contributed by atoms with E-state index in [1.807, 2.05) is 11.9 Å². The standard InChI is InChI=1S/C11H16F3N3O/c1-17(5-6-18-2)4-3-15-11-9(13)7-8(12)10(14)16-11/h7H,3-6H2,1-2H3,(H,15,16). The van der Waals surface area contributed by atoms with E-state index in [2.05, 4.69) is 10.3 Å². The van der Waals surface area contributed by atoms with Gasteiger partial charge >= 0.3 is 0 Å². The summed E-state index contributed by atoms with van der Waals surface area (Å²) in [6.07, 6.45) is 0. The summed E-state index contributed by atoms with van der Waals surface area (Å²) in [7, 11) is 3.47. The Hall–Kier alpha value is -1.34. The molecule has 1 N–H and O–H groups in total. The number of ether oxygens (including phenoxy) is 1. The summed E-state index contributed by atoms with van der Waals surface area (Å²) in [6.45, 7) is 2.29. The van der Waals surface area contributed by atoms with Crippen molar-refractivity contribution in [3.05, 3.63) is 23.6 Å². The number of nitrogens with zero attached hydrogens (tertiary/aromatic N) is 2. The van der Waals surface area contributed by atoms with E-state index in [0.29, 0.717) is 25.8 Å². The number of aromatic nitrogens is 1. The van der Waals surface area contributed by atoms with E-state index in [0.717, 1.165) is 6.54 Å². The second kappa shape index (κ2) is 7.17.